The lowest BCUT2D eigenvalue weighted by molar-refractivity contribution is 0.209. The zero-order chi connectivity index (χ0) is 10.8. The van der Waals surface area contributed by atoms with Gasteiger partial charge in [0.25, 0.3) is 0 Å². The molecule has 0 aliphatic carbocycles. The van der Waals surface area contributed by atoms with Gasteiger partial charge in [0.15, 0.2) is 0 Å². The van der Waals surface area contributed by atoms with Crippen molar-refractivity contribution in [3.05, 3.63) is 23.8 Å². The second-order valence-electron chi connectivity index (χ2n) is 3.18. The average Bonchev–Trinajstić information content (AvgIpc) is 2.58. The van der Waals surface area contributed by atoms with Crippen molar-refractivity contribution in [2.24, 2.45) is 0 Å². The van der Waals surface area contributed by atoms with Gasteiger partial charge in [0, 0.05) is 0 Å². The maximum absolute atomic E-state index is 10.4. The zero-order valence-electron chi connectivity index (χ0n) is 8.24. The first-order chi connectivity index (χ1) is 7.20. The van der Waals surface area contributed by atoms with Gasteiger partial charge in [-0.25, -0.2) is 9.78 Å². The van der Waals surface area contributed by atoms with Crippen LogP contribution < -0.4 is 5.32 Å². The van der Waals surface area contributed by atoms with Gasteiger partial charge >= 0.3 is 6.09 Å². The summed E-state index contributed by atoms with van der Waals surface area (Å²) in [5.41, 5.74) is 2.77. The molecule has 5 heteroatoms. The number of carboxylic acid groups (broad SMARTS) is 1. The van der Waals surface area contributed by atoms with E-state index in [1.807, 2.05) is 25.1 Å². The smallest absolute Gasteiger partial charge is 0.411 e. The monoisotopic (exact) mass is 205 g/mol. The molecule has 1 aromatic carbocycles. The van der Waals surface area contributed by atoms with E-state index in [0.717, 1.165) is 23.0 Å². The molecule has 5 nitrogen and oxygen atoms in total. The molecule has 0 bridgehead atoms. The second-order valence-corrected chi connectivity index (χ2v) is 3.18. The fraction of sp³-hybridized carbons (Fsp3) is 0.200. The number of rotatable bonds is 2. The second kappa shape index (κ2) is 3.61. The van der Waals surface area contributed by atoms with Gasteiger partial charge in [0.1, 0.15) is 0 Å². The van der Waals surface area contributed by atoms with E-state index in [1.54, 1.807) is 0 Å². The van der Waals surface area contributed by atoms with Crippen LogP contribution in [0.15, 0.2) is 18.2 Å². The highest BCUT2D eigenvalue weighted by molar-refractivity contribution is 5.86. The standard InChI is InChI=1S/C10H11N3O2/c1-2-6-4-3-5-7-8(6)12-9(11-7)13-10(14)15/h3-5H,2H2,1H3,(H,14,15)(H2,11,12,13). The van der Waals surface area contributed by atoms with E-state index in [2.05, 4.69) is 15.3 Å². The van der Waals surface area contributed by atoms with Gasteiger partial charge in [-0.1, -0.05) is 19.1 Å². The molecule has 2 rings (SSSR count). The SMILES string of the molecule is CCc1cccc2[nH]c(NC(=O)O)nc12. The molecule has 0 aliphatic rings. The van der Waals surface area contributed by atoms with Crippen molar-refractivity contribution in [2.45, 2.75) is 13.3 Å². The van der Waals surface area contributed by atoms with Crippen LogP contribution in [0.5, 0.6) is 0 Å². The fourth-order valence-electron chi connectivity index (χ4n) is 1.54. The summed E-state index contributed by atoms with van der Waals surface area (Å²) in [6.45, 7) is 2.04. The summed E-state index contributed by atoms with van der Waals surface area (Å²) in [4.78, 5) is 17.5. The predicted octanol–water partition coefficient (Wildman–Crippen LogP) is 2.22. The summed E-state index contributed by atoms with van der Waals surface area (Å²) < 4.78 is 0. The van der Waals surface area contributed by atoms with E-state index in [9.17, 15) is 4.79 Å². The number of amides is 1. The lowest BCUT2D eigenvalue weighted by Gasteiger charge is -1.95. The van der Waals surface area contributed by atoms with Gasteiger partial charge in [0.2, 0.25) is 5.95 Å². The molecule has 0 saturated carbocycles. The molecule has 0 unspecified atom stereocenters. The van der Waals surface area contributed by atoms with Crippen molar-refractivity contribution >= 4 is 23.1 Å². The summed E-state index contributed by atoms with van der Waals surface area (Å²) in [5, 5.41) is 10.7. The summed E-state index contributed by atoms with van der Waals surface area (Å²) in [5.74, 6) is 0.262. The quantitative estimate of drug-likeness (QED) is 0.703. The van der Waals surface area contributed by atoms with Gasteiger partial charge < -0.3 is 10.1 Å². The van der Waals surface area contributed by atoms with Gasteiger partial charge in [-0.2, -0.15) is 0 Å². The minimum atomic E-state index is -1.12. The number of anilines is 1. The summed E-state index contributed by atoms with van der Waals surface area (Å²) in [6, 6.07) is 5.77. The van der Waals surface area contributed by atoms with Crippen LogP contribution in [-0.4, -0.2) is 21.2 Å². The highest BCUT2D eigenvalue weighted by Crippen LogP contribution is 2.18. The molecule has 1 aromatic heterocycles. The van der Waals surface area contributed by atoms with Crippen LogP contribution in [0, 0.1) is 0 Å². The third kappa shape index (κ3) is 1.76. The van der Waals surface area contributed by atoms with Crippen LogP contribution in [0.4, 0.5) is 10.7 Å². The van der Waals surface area contributed by atoms with E-state index in [1.165, 1.54) is 0 Å². The van der Waals surface area contributed by atoms with Crippen LogP contribution in [0.25, 0.3) is 11.0 Å². The number of benzene rings is 1. The molecule has 1 amide bonds. The number of aromatic nitrogens is 2. The molecule has 0 atom stereocenters. The number of carbonyl (C=O) groups is 1. The minimum Gasteiger partial charge on any atom is -0.465 e. The molecular formula is C10H11N3O2. The molecule has 0 aliphatic heterocycles. The first-order valence-corrected chi connectivity index (χ1v) is 4.68. The number of nitrogens with one attached hydrogen (secondary N) is 2. The number of aromatic amines is 1. The zero-order valence-corrected chi connectivity index (χ0v) is 8.24. The van der Waals surface area contributed by atoms with E-state index in [0.29, 0.717) is 0 Å². The predicted molar refractivity (Wildman–Crippen MR) is 57.1 cm³/mol. The van der Waals surface area contributed by atoms with E-state index >= 15 is 0 Å². The Balaban J connectivity index is 2.50. The average molecular weight is 205 g/mol. The Hall–Kier alpha value is -2.04. The molecule has 0 spiro atoms. The van der Waals surface area contributed by atoms with Gasteiger partial charge in [0.05, 0.1) is 11.0 Å². The van der Waals surface area contributed by atoms with Crippen LogP contribution >= 0.6 is 0 Å². The lowest BCUT2D eigenvalue weighted by atomic mass is 10.1. The minimum absolute atomic E-state index is 0.262. The third-order valence-corrected chi connectivity index (χ3v) is 2.20. The van der Waals surface area contributed by atoms with Crippen LogP contribution in [0.2, 0.25) is 0 Å². The largest absolute Gasteiger partial charge is 0.465 e. The van der Waals surface area contributed by atoms with E-state index < -0.39 is 6.09 Å². The number of nitrogens with zero attached hydrogens (tertiary/aromatic N) is 1. The number of hydrogen-bond donors (Lipinski definition) is 3. The maximum Gasteiger partial charge on any atom is 0.411 e. The molecule has 15 heavy (non-hydrogen) atoms. The molecule has 0 radical (unpaired) electrons. The van der Waals surface area contributed by atoms with Crippen molar-refractivity contribution < 1.29 is 9.90 Å². The fourth-order valence-corrected chi connectivity index (χ4v) is 1.54. The van der Waals surface area contributed by atoms with E-state index in [4.69, 9.17) is 5.11 Å². The molecule has 1 heterocycles. The number of para-hydroxylation sites is 1. The Morgan fingerprint density at radius 1 is 1.60 bits per heavy atom. The molecule has 3 N–H and O–H groups in total. The van der Waals surface area contributed by atoms with Gasteiger partial charge in [-0.3, -0.25) is 5.32 Å². The first kappa shape index (κ1) is 9.51. The normalized spacial score (nSPS) is 10.5. The molecule has 78 valence electrons. The molecule has 2 aromatic rings. The van der Waals surface area contributed by atoms with Crippen molar-refractivity contribution in [2.75, 3.05) is 5.32 Å². The van der Waals surface area contributed by atoms with Crippen molar-refractivity contribution in [1.29, 1.82) is 0 Å². The Kier molecular flexibility index (Phi) is 2.29. The maximum atomic E-state index is 10.4. The van der Waals surface area contributed by atoms with Crippen molar-refractivity contribution in [1.82, 2.24) is 9.97 Å². The van der Waals surface area contributed by atoms with Gasteiger partial charge in [-0.05, 0) is 18.1 Å². The molecule has 0 fully saturated rings. The number of hydrogen-bond acceptors (Lipinski definition) is 2. The number of fused-ring (bicyclic) bond motifs is 1. The van der Waals surface area contributed by atoms with Gasteiger partial charge in [-0.15, -0.1) is 0 Å². The highest BCUT2D eigenvalue weighted by atomic mass is 16.4. The molecular weight excluding hydrogens is 194 g/mol. The topological polar surface area (TPSA) is 78.0 Å². The first-order valence-electron chi connectivity index (χ1n) is 4.68. The number of H-pyrrole nitrogens is 1. The Bertz CT molecular complexity index is 504. The highest BCUT2D eigenvalue weighted by Gasteiger charge is 2.07. The summed E-state index contributed by atoms with van der Waals surface area (Å²) in [6.07, 6.45) is -0.249. The summed E-state index contributed by atoms with van der Waals surface area (Å²) >= 11 is 0. The van der Waals surface area contributed by atoms with Crippen LogP contribution in [0.3, 0.4) is 0 Å². The Morgan fingerprint density at radius 2 is 2.40 bits per heavy atom. The van der Waals surface area contributed by atoms with E-state index in [-0.39, 0.29) is 5.95 Å². The third-order valence-electron chi connectivity index (χ3n) is 2.20. The number of aryl methyl sites for hydroxylation is 1. The van der Waals surface area contributed by atoms with Crippen LogP contribution in [-0.2, 0) is 6.42 Å². The van der Waals surface area contributed by atoms with Crippen LogP contribution in [0.1, 0.15) is 12.5 Å². The van der Waals surface area contributed by atoms with Crippen molar-refractivity contribution in [3.63, 3.8) is 0 Å². The Morgan fingerprint density at radius 3 is 3.07 bits per heavy atom. The summed E-state index contributed by atoms with van der Waals surface area (Å²) in [7, 11) is 0. The molecule has 0 saturated heterocycles. The lowest BCUT2D eigenvalue weighted by Crippen LogP contribution is -2.08. The number of imidazole rings is 1. The Labute approximate surface area is 86.1 Å². The van der Waals surface area contributed by atoms with Crippen molar-refractivity contribution in [3.8, 4) is 0 Å².